The van der Waals surface area contributed by atoms with Gasteiger partial charge in [0.1, 0.15) is 5.75 Å². The van der Waals surface area contributed by atoms with Crippen molar-refractivity contribution in [2.75, 3.05) is 26.7 Å². The van der Waals surface area contributed by atoms with Gasteiger partial charge < -0.3 is 15.8 Å². The van der Waals surface area contributed by atoms with Gasteiger partial charge in [-0.1, -0.05) is 17.7 Å². The average molecular weight is 262 g/mol. The van der Waals surface area contributed by atoms with Crippen LogP contribution in [-0.4, -0.2) is 26.7 Å². The van der Waals surface area contributed by atoms with E-state index in [9.17, 15) is 0 Å². The number of hydrogen-bond donors (Lipinski definition) is 2. The van der Waals surface area contributed by atoms with Crippen LogP contribution >= 0.6 is 0 Å². The van der Waals surface area contributed by atoms with Crippen molar-refractivity contribution < 1.29 is 4.74 Å². The van der Waals surface area contributed by atoms with E-state index in [1.807, 2.05) is 0 Å². The van der Waals surface area contributed by atoms with E-state index in [1.165, 1.54) is 29.5 Å². The van der Waals surface area contributed by atoms with Gasteiger partial charge in [-0.3, -0.25) is 0 Å². The summed E-state index contributed by atoms with van der Waals surface area (Å²) in [6, 6.07) is 4.40. The predicted octanol–water partition coefficient (Wildman–Crippen LogP) is 2.18. The summed E-state index contributed by atoms with van der Waals surface area (Å²) < 4.78 is 5.51. The van der Waals surface area contributed by atoms with Crippen LogP contribution in [0.25, 0.3) is 0 Å². The number of hydrogen-bond acceptors (Lipinski definition) is 3. The van der Waals surface area contributed by atoms with Gasteiger partial charge in [0.05, 0.1) is 7.11 Å². The zero-order valence-corrected chi connectivity index (χ0v) is 12.4. The monoisotopic (exact) mass is 262 g/mol. The first-order valence-corrected chi connectivity index (χ1v) is 7.15. The Morgan fingerprint density at radius 2 is 2.05 bits per heavy atom. The summed E-state index contributed by atoms with van der Waals surface area (Å²) >= 11 is 0. The zero-order valence-electron chi connectivity index (χ0n) is 12.4. The summed E-state index contributed by atoms with van der Waals surface area (Å²) in [5.74, 6) is 1.03. The van der Waals surface area contributed by atoms with Crippen LogP contribution in [0.4, 0.5) is 0 Å². The van der Waals surface area contributed by atoms with Crippen molar-refractivity contribution in [2.24, 2.45) is 11.1 Å². The first-order valence-electron chi connectivity index (χ1n) is 7.15. The summed E-state index contributed by atoms with van der Waals surface area (Å²) in [5, 5.41) is 3.54. The van der Waals surface area contributed by atoms with Gasteiger partial charge in [0.25, 0.3) is 0 Å². The number of methoxy groups -OCH3 is 1. The molecule has 0 aromatic heterocycles. The molecular weight excluding hydrogens is 236 g/mol. The number of nitrogens with two attached hydrogens (primary N) is 1. The molecule has 1 saturated carbocycles. The van der Waals surface area contributed by atoms with Crippen LogP contribution in [0.3, 0.4) is 0 Å². The van der Waals surface area contributed by atoms with Crippen LogP contribution in [0.15, 0.2) is 12.1 Å². The fraction of sp³-hybridized carbons (Fsp3) is 0.625. The van der Waals surface area contributed by atoms with Crippen LogP contribution in [0, 0.1) is 19.3 Å². The summed E-state index contributed by atoms with van der Waals surface area (Å²) in [6.45, 7) is 7.10. The van der Waals surface area contributed by atoms with Crippen molar-refractivity contribution in [3.05, 3.63) is 28.8 Å². The van der Waals surface area contributed by atoms with Crippen molar-refractivity contribution in [3.63, 3.8) is 0 Å². The molecule has 19 heavy (non-hydrogen) atoms. The molecule has 0 saturated heterocycles. The molecule has 1 aliphatic rings. The molecule has 1 aromatic carbocycles. The highest BCUT2D eigenvalue weighted by molar-refractivity contribution is 5.43. The highest BCUT2D eigenvalue weighted by atomic mass is 16.5. The maximum absolute atomic E-state index is 5.79. The van der Waals surface area contributed by atoms with Gasteiger partial charge in [-0.2, -0.15) is 0 Å². The third-order valence-corrected chi connectivity index (χ3v) is 4.16. The van der Waals surface area contributed by atoms with Crippen LogP contribution in [0.5, 0.6) is 5.75 Å². The maximum Gasteiger partial charge on any atom is 0.125 e. The molecule has 0 unspecified atom stereocenters. The normalized spacial score (nSPS) is 16.4. The molecule has 1 aromatic rings. The number of aryl methyl sites for hydroxylation is 2. The van der Waals surface area contributed by atoms with E-state index < -0.39 is 0 Å². The molecule has 0 bridgehead atoms. The van der Waals surface area contributed by atoms with E-state index in [0.717, 1.165) is 31.8 Å². The summed E-state index contributed by atoms with van der Waals surface area (Å²) in [4.78, 5) is 0. The second-order valence-electron chi connectivity index (χ2n) is 5.91. The molecule has 0 amide bonds. The lowest BCUT2D eigenvalue weighted by atomic mass is 10.0. The Kier molecular flexibility index (Phi) is 4.48. The Balaban J connectivity index is 1.88. The largest absolute Gasteiger partial charge is 0.496 e. The molecule has 3 nitrogen and oxygen atoms in total. The zero-order chi connectivity index (χ0) is 13.9. The van der Waals surface area contributed by atoms with E-state index in [2.05, 4.69) is 31.3 Å². The second kappa shape index (κ2) is 5.93. The number of ether oxygens (including phenoxy) is 1. The lowest BCUT2D eigenvalue weighted by molar-refractivity contribution is 0.404. The second-order valence-corrected chi connectivity index (χ2v) is 5.91. The summed E-state index contributed by atoms with van der Waals surface area (Å²) in [7, 11) is 1.75. The molecule has 0 aliphatic heterocycles. The van der Waals surface area contributed by atoms with E-state index in [0.29, 0.717) is 5.41 Å². The molecule has 1 aliphatic carbocycles. The minimum atomic E-state index is 0.409. The van der Waals surface area contributed by atoms with Crippen molar-refractivity contribution in [3.8, 4) is 5.75 Å². The quantitative estimate of drug-likeness (QED) is 0.740. The van der Waals surface area contributed by atoms with Gasteiger partial charge in [0.2, 0.25) is 0 Å². The molecule has 3 N–H and O–H groups in total. The predicted molar refractivity (Wildman–Crippen MR) is 79.8 cm³/mol. The Bertz CT molecular complexity index is 439. The first kappa shape index (κ1) is 14.4. The molecule has 106 valence electrons. The van der Waals surface area contributed by atoms with E-state index >= 15 is 0 Å². The Morgan fingerprint density at radius 3 is 2.63 bits per heavy atom. The molecule has 0 atom stereocenters. The standard InChI is InChI=1S/C16H26N2O/c1-12-8-13(2)15(19-3)14(9-12)4-7-18-11-16(10-17)5-6-16/h8-9,18H,4-7,10-11,17H2,1-3H3. The maximum atomic E-state index is 5.79. The van der Waals surface area contributed by atoms with Gasteiger partial charge >= 0.3 is 0 Å². The van der Waals surface area contributed by atoms with Gasteiger partial charge in [0, 0.05) is 6.54 Å². The van der Waals surface area contributed by atoms with Crippen LogP contribution in [0.2, 0.25) is 0 Å². The highest BCUT2D eigenvalue weighted by Gasteiger charge is 2.40. The molecule has 0 radical (unpaired) electrons. The Labute approximate surface area is 116 Å². The van der Waals surface area contributed by atoms with E-state index in [1.54, 1.807) is 7.11 Å². The Hall–Kier alpha value is -1.06. The van der Waals surface area contributed by atoms with Gasteiger partial charge in [0.15, 0.2) is 0 Å². The summed E-state index contributed by atoms with van der Waals surface area (Å²) in [5.41, 5.74) is 10.0. The first-order chi connectivity index (χ1) is 9.10. The highest BCUT2D eigenvalue weighted by Crippen LogP contribution is 2.43. The van der Waals surface area contributed by atoms with Crippen molar-refractivity contribution in [1.82, 2.24) is 5.32 Å². The van der Waals surface area contributed by atoms with Crippen LogP contribution < -0.4 is 15.8 Å². The number of benzene rings is 1. The fourth-order valence-electron chi connectivity index (χ4n) is 2.73. The fourth-order valence-corrected chi connectivity index (χ4v) is 2.73. The van der Waals surface area contributed by atoms with Gasteiger partial charge in [-0.25, -0.2) is 0 Å². The molecule has 1 fully saturated rings. The minimum Gasteiger partial charge on any atom is -0.496 e. The molecule has 2 rings (SSSR count). The number of rotatable bonds is 7. The topological polar surface area (TPSA) is 47.3 Å². The molecule has 0 spiro atoms. The third kappa shape index (κ3) is 3.48. The lowest BCUT2D eigenvalue weighted by Gasteiger charge is -2.15. The smallest absolute Gasteiger partial charge is 0.125 e. The van der Waals surface area contributed by atoms with Crippen LogP contribution in [-0.2, 0) is 6.42 Å². The van der Waals surface area contributed by atoms with E-state index in [-0.39, 0.29) is 0 Å². The molecule has 3 heteroatoms. The van der Waals surface area contributed by atoms with Crippen molar-refractivity contribution in [2.45, 2.75) is 33.1 Å². The average Bonchev–Trinajstić information content (AvgIpc) is 3.15. The van der Waals surface area contributed by atoms with Crippen molar-refractivity contribution >= 4 is 0 Å². The van der Waals surface area contributed by atoms with Gasteiger partial charge in [-0.15, -0.1) is 0 Å². The molecular formula is C16H26N2O. The third-order valence-electron chi connectivity index (χ3n) is 4.16. The molecule has 0 heterocycles. The summed E-state index contributed by atoms with van der Waals surface area (Å²) in [6.07, 6.45) is 3.57. The number of nitrogens with one attached hydrogen (secondary N) is 1. The van der Waals surface area contributed by atoms with Crippen LogP contribution in [0.1, 0.15) is 29.5 Å². The minimum absolute atomic E-state index is 0.409. The van der Waals surface area contributed by atoms with E-state index in [4.69, 9.17) is 10.5 Å². The SMILES string of the molecule is COc1c(C)cc(C)cc1CCNCC1(CN)CC1. The lowest BCUT2D eigenvalue weighted by Crippen LogP contribution is -2.30. The van der Waals surface area contributed by atoms with Crippen molar-refractivity contribution in [1.29, 1.82) is 0 Å². The Morgan fingerprint density at radius 1 is 1.32 bits per heavy atom. The van der Waals surface area contributed by atoms with Gasteiger partial charge in [-0.05, 0) is 62.7 Å².